The number of halogens is 1. The first-order valence-electron chi connectivity index (χ1n) is 8.14. The molecule has 1 aliphatic carbocycles. The van der Waals surface area contributed by atoms with Gasteiger partial charge in [0.1, 0.15) is 0 Å². The van der Waals surface area contributed by atoms with E-state index < -0.39 is 0 Å². The van der Waals surface area contributed by atoms with Gasteiger partial charge in [0, 0.05) is 38.3 Å². The number of nitrogens with one attached hydrogen (secondary N) is 1. The molecule has 1 saturated carbocycles. The van der Waals surface area contributed by atoms with Crippen LogP contribution >= 0.6 is 11.6 Å². The van der Waals surface area contributed by atoms with Gasteiger partial charge in [-0.3, -0.25) is 9.58 Å². The van der Waals surface area contributed by atoms with Crippen molar-refractivity contribution >= 4 is 11.6 Å². The average Bonchev–Trinajstić information content (AvgIpc) is 3.26. The molecule has 3 rings (SSSR count). The molecule has 0 spiro atoms. The Bertz CT molecular complexity index is 523. The van der Waals surface area contributed by atoms with E-state index in [2.05, 4.69) is 36.1 Å². The lowest BCUT2D eigenvalue weighted by molar-refractivity contribution is 0.0750. The van der Waals surface area contributed by atoms with E-state index in [9.17, 15) is 0 Å². The van der Waals surface area contributed by atoms with Crippen LogP contribution in [0.5, 0.6) is 0 Å². The molecular formula is C16H27ClN4. The Morgan fingerprint density at radius 1 is 1.43 bits per heavy atom. The van der Waals surface area contributed by atoms with E-state index in [4.69, 9.17) is 11.6 Å². The summed E-state index contributed by atoms with van der Waals surface area (Å²) in [7, 11) is 2.01. The molecule has 1 aliphatic heterocycles. The van der Waals surface area contributed by atoms with Gasteiger partial charge in [-0.05, 0) is 39.0 Å². The topological polar surface area (TPSA) is 33.1 Å². The predicted molar refractivity (Wildman–Crippen MR) is 86.6 cm³/mol. The molecule has 0 bridgehead atoms. The molecule has 5 heteroatoms. The molecule has 4 nitrogen and oxygen atoms in total. The van der Waals surface area contributed by atoms with Crippen molar-refractivity contribution in [1.82, 2.24) is 20.0 Å². The molecule has 2 atom stereocenters. The highest BCUT2D eigenvalue weighted by Gasteiger charge is 2.45. The van der Waals surface area contributed by atoms with Gasteiger partial charge in [0.25, 0.3) is 0 Å². The van der Waals surface area contributed by atoms with E-state index >= 15 is 0 Å². The summed E-state index contributed by atoms with van der Waals surface area (Å²) in [6.07, 6.45) is 3.64. The largest absolute Gasteiger partial charge is 0.308 e. The number of hydrogen-bond acceptors (Lipinski definition) is 3. The van der Waals surface area contributed by atoms with Crippen LogP contribution in [0.2, 0.25) is 5.02 Å². The lowest BCUT2D eigenvalue weighted by Crippen LogP contribution is -2.63. The molecule has 0 aromatic carbocycles. The van der Waals surface area contributed by atoms with Gasteiger partial charge in [0.15, 0.2) is 0 Å². The molecule has 21 heavy (non-hydrogen) atoms. The smallest absolute Gasteiger partial charge is 0.0863 e. The van der Waals surface area contributed by atoms with Crippen LogP contribution in [-0.4, -0.2) is 39.4 Å². The molecule has 1 N–H and O–H groups in total. The number of aryl methyl sites for hydroxylation is 2. The highest BCUT2D eigenvalue weighted by Crippen LogP contribution is 2.41. The zero-order chi connectivity index (χ0) is 15.2. The summed E-state index contributed by atoms with van der Waals surface area (Å²) >= 11 is 6.52. The standard InChI is InChI=1S/C16H27ClN4/c1-5-13-15(17)14(20(4)19-13)9-21-10-16(3,12-6-7-12)18-8-11(21)2/h11-12,18H,5-10H2,1-4H3. The number of rotatable bonds is 4. The lowest BCUT2D eigenvalue weighted by atomic mass is 9.91. The van der Waals surface area contributed by atoms with Crippen molar-refractivity contribution in [3.8, 4) is 0 Å². The summed E-state index contributed by atoms with van der Waals surface area (Å²) in [6, 6.07) is 0.535. The summed E-state index contributed by atoms with van der Waals surface area (Å²) in [5.41, 5.74) is 2.44. The second kappa shape index (κ2) is 5.56. The van der Waals surface area contributed by atoms with Crippen LogP contribution in [0.1, 0.15) is 45.0 Å². The Kier molecular flexibility index (Phi) is 4.06. The van der Waals surface area contributed by atoms with Gasteiger partial charge in [-0.1, -0.05) is 18.5 Å². The van der Waals surface area contributed by atoms with Crippen molar-refractivity contribution in [2.24, 2.45) is 13.0 Å². The van der Waals surface area contributed by atoms with Crippen molar-refractivity contribution in [2.75, 3.05) is 13.1 Å². The molecule has 1 aromatic heterocycles. The second-order valence-electron chi connectivity index (χ2n) is 7.01. The Morgan fingerprint density at radius 3 is 2.71 bits per heavy atom. The van der Waals surface area contributed by atoms with E-state index in [0.29, 0.717) is 6.04 Å². The summed E-state index contributed by atoms with van der Waals surface area (Å²) in [4.78, 5) is 2.57. The van der Waals surface area contributed by atoms with Gasteiger partial charge in [0.05, 0.1) is 16.4 Å². The van der Waals surface area contributed by atoms with Crippen LogP contribution in [0.4, 0.5) is 0 Å². The Hall–Kier alpha value is -0.580. The summed E-state index contributed by atoms with van der Waals surface area (Å²) in [6.45, 7) is 9.84. The number of hydrogen-bond donors (Lipinski definition) is 1. The van der Waals surface area contributed by atoms with Gasteiger partial charge in [0.2, 0.25) is 0 Å². The van der Waals surface area contributed by atoms with Crippen LogP contribution in [0.3, 0.4) is 0 Å². The van der Waals surface area contributed by atoms with E-state index in [1.807, 2.05) is 11.7 Å². The van der Waals surface area contributed by atoms with Crippen LogP contribution in [0, 0.1) is 5.92 Å². The third kappa shape index (κ3) is 2.86. The van der Waals surface area contributed by atoms with Gasteiger partial charge >= 0.3 is 0 Å². The van der Waals surface area contributed by atoms with Crippen molar-refractivity contribution in [2.45, 2.75) is 58.2 Å². The second-order valence-corrected chi connectivity index (χ2v) is 7.39. The Morgan fingerprint density at radius 2 is 2.14 bits per heavy atom. The fraction of sp³-hybridized carbons (Fsp3) is 0.812. The zero-order valence-electron chi connectivity index (χ0n) is 13.6. The molecular weight excluding hydrogens is 284 g/mol. The zero-order valence-corrected chi connectivity index (χ0v) is 14.4. The van der Waals surface area contributed by atoms with Gasteiger partial charge in [-0.25, -0.2) is 0 Å². The van der Waals surface area contributed by atoms with Crippen molar-refractivity contribution < 1.29 is 0 Å². The molecule has 2 fully saturated rings. The molecule has 1 aromatic rings. The lowest BCUT2D eigenvalue weighted by Gasteiger charge is -2.45. The first-order valence-corrected chi connectivity index (χ1v) is 8.51. The number of piperazine rings is 1. The number of nitrogens with zero attached hydrogens (tertiary/aromatic N) is 3. The summed E-state index contributed by atoms with van der Waals surface area (Å²) < 4.78 is 1.96. The first-order chi connectivity index (χ1) is 9.94. The number of aromatic nitrogens is 2. The molecule has 0 radical (unpaired) electrons. The Labute approximate surface area is 132 Å². The van der Waals surface area contributed by atoms with Gasteiger partial charge < -0.3 is 5.32 Å². The van der Waals surface area contributed by atoms with E-state index in [1.165, 1.54) is 12.8 Å². The average molecular weight is 311 g/mol. The highest BCUT2D eigenvalue weighted by molar-refractivity contribution is 6.31. The summed E-state index contributed by atoms with van der Waals surface area (Å²) in [5, 5.41) is 9.18. The highest BCUT2D eigenvalue weighted by atomic mass is 35.5. The first kappa shape index (κ1) is 15.3. The molecule has 0 amide bonds. The van der Waals surface area contributed by atoms with Gasteiger partial charge in [-0.15, -0.1) is 0 Å². The van der Waals surface area contributed by atoms with E-state index in [1.54, 1.807) is 0 Å². The van der Waals surface area contributed by atoms with E-state index in [-0.39, 0.29) is 5.54 Å². The third-order valence-corrected chi connectivity index (χ3v) is 5.73. The molecule has 2 unspecified atom stereocenters. The minimum Gasteiger partial charge on any atom is -0.308 e. The molecule has 2 heterocycles. The monoisotopic (exact) mass is 310 g/mol. The van der Waals surface area contributed by atoms with E-state index in [0.717, 1.165) is 48.4 Å². The Balaban J connectivity index is 1.78. The van der Waals surface area contributed by atoms with Crippen molar-refractivity contribution in [3.63, 3.8) is 0 Å². The third-order valence-electron chi connectivity index (χ3n) is 5.29. The van der Waals surface area contributed by atoms with Gasteiger partial charge in [-0.2, -0.15) is 5.10 Å². The molecule has 2 aliphatic rings. The summed E-state index contributed by atoms with van der Waals surface area (Å²) in [5.74, 6) is 0.848. The molecule has 118 valence electrons. The van der Waals surface area contributed by atoms with Crippen LogP contribution in [-0.2, 0) is 20.0 Å². The SMILES string of the molecule is CCc1nn(C)c(CN2CC(C)(C3CC3)NCC2C)c1Cl. The van der Waals surface area contributed by atoms with Crippen LogP contribution in [0.15, 0.2) is 0 Å². The maximum Gasteiger partial charge on any atom is 0.0863 e. The van der Waals surface area contributed by atoms with Crippen LogP contribution in [0.25, 0.3) is 0 Å². The maximum atomic E-state index is 6.52. The van der Waals surface area contributed by atoms with Crippen molar-refractivity contribution in [3.05, 3.63) is 16.4 Å². The fourth-order valence-corrected chi connectivity index (χ4v) is 3.89. The maximum absolute atomic E-state index is 6.52. The van der Waals surface area contributed by atoms with Crippen molar-refractivity contribution in [1.29, 1.82) is 0 Å². The quantitative estimate of drug-likeness (QED) is 0.928. The minimum absolute atomic E-state index is 0.269. The van der Waals surface area contributed by atoms with Crippen LogP contribution < -0.4 is 5.32 Å². The fourth-order valence-electron chi connectivity index (χ4n) is 3.53. The molecule has 1 saturated heterocycles. The predicted octanol–water partition coefficient (Wildman–Crippen LogP) is 2.60. The normalized spacial score (nSPS) is 30.8. The minimum atomic E-state index is 0.269.